The predicted molar refractivity (Wildman–Crippen MR) is 69.4 cm³/mol. The van der Waals surface area contributed by atoms with Crippen molar-refractivity contribution in [3.8, 4) is 5.75 Å². The van der Waals surface area contributed by atoms with E-state index in [4.69, 9.17) is 9.84 Å². The van der Waals surface area contributed by atoms with Crippen molar-refractivity contribution in [1.29, 1.82) is 0 Å². The molecule has 0 aliphatic carbocycles. The van der Waals surface area contributed by atoms with Gasteiger partial charge in [0, 0.05) is 7.11 Å². The summed E-state index contributed by atoms with van der Waals surface area (Å²) in [4.78, 5) is 22.4. The van der Waals surface area contributed by atoms with Gasteiger partial charge >= 0.3 is 5.97 Å². The van der Waals surface area contributed by atoms with Crippen molar-refractivity contribution < 1.29 is 24.5 Å². The first-order valence-electron chi connectivity index (χ1n) is 5.66. The van der Waals surface area contributed by atoms with Crippen molar-refractivity contribution in [2.24, 2.45) is 0 Å². The molecular weight excluding hydrogens is 250 g/mol. The van der Waals surface area contributed by atoms with Gasteiger partial charge in [-0.1, -0.05) is 0 Å². The predicted octanol–water partition coefficient (Wildman–Crippen LogP) is 1.84. The van der Waals surface area contributed by atoms with Crippen molar-refractivity contribution in [3.63, 3.8) is 0 Å². The molecule has 0 bridgehead atoms. The van der Waals surface area contributed by atoms with Crippen LogP contribution in [0.2, 0.25) is 0 Å². The number of carbonyl (C=O) groups is 2. The normalized spacial score (nSPS) is 11.1. The topological polar surface area (TPSA) is 95.9 Å². The van der Waals surface area contributed by atoms with Gasteiger partial charge in [-0.2, -0.15) is 0 Å². The number of aromatic hydroxyl groups is 1. The number of rotatable bonds is 5. The minimum Gasteiger partial charge on any atom is -0.506 e. The molecule has 6 nitrogen and oxygen atoms in total. The van der Waals surface area contributed by atoms with Crippen molar-refractivity contribution in [1.82, 2.24) is 0 Å². The number of hydrogen-bond acceptors (Lipinski definition) is 4. The minimum absolute atomic E-state index is 0.0484. The quantitative estimate of drug-likeness (QED) is 0.707. The molecule has 0 saturated heterocycles. The highest BCUT2D eigenvalue weighted by Crippen LogP contribution is 2.25. The SMILES string of the molecule is COC(C)(C)CC(=O)Nc1ccc(C(=O)O)cc1O. The number of amides is 1. The Morgan fingerprint density at radius 2 is 2.00 bits per heavy atom. The Hall–Kier alpha value is -2.08. The number of methoxy groups -OCH3 is 1. The standard InChI is InChI=1S/C13H17NO5/c1-13(2,19-3)7-11(16)14-9-5-4-8(12(17)18)6-10(9)15/h4-6,15H,7H2,1-3H3,(H,14,16)(H,17,18). The molecule has 104 valence electrons. The number of phenolic OH excluding ortho intramolecular Hbond substituents is 1. The fourth-order valence-electron chi connectivity index (χ4n) is 1.42. The number of ether oxygens (including phenoxy) is 1. The van der Waals surface area contributed by atoms with Gasteiger partial charge in [-0.15, -0.1) is 0 Å². The minimum atomic E-state index is -1.14. The van der Waals surface area contributed by atoms with E-state index in [1.165, 1.54) is 19.2 Å². The molecule has 3 N–H and O–H groups in total. The molecule has 0 fully saturated rings. The molecule has 0 aromatic heterocycles. The van der Waals surface area contributed by atoms with E-state index in [0.29, 0.717) is 0 Å². The van der Waals surface area contributed by atoms with Crippen LogP contribution in [-0.4, -0.2) is 34.8 Å². The number of carbonyl (C=O) groups excluding carboxylic acids is 1. The molecule has 0 radical (unpaired) electrons. The smallest absolute Gasteiger partial charge is 0.335 e. The van der Waals surface area contributed by atoms with Gasteiger partial charge in [0.15, 0.2) is 0 Å². The van der Waals surface area contributed by atoms with Crippen molar-refractivity contribution in [3.05, 3.63) is 23.8 Å². The van der Waals surface area contributed by atoms with E-state index in [2.05, 4.69) is 5.32 Å². The Morgan fingerprint density at radius 1 is 1.37 bits per heavy atom. The highest BCUT2D eigenvalue weighted by Gasteiger charge is 2.21. The zero-order chi connectivity index (χ0) is 14.6. The molecular formula is C13H17NO5. The maximum Gasteiger partial charge on any atom is 0.335 e. The average Bonchev–Trinajstić information content (AvgIpc) is 2.30. The summed E-state index contributed by atoms with van der Waals surface area (Å²) in [5, 5.41) is 20.9. The van der Waals surface area contributed by atoms with Gasteiger partial charge in [-0.3, -0.25) is 4.79 Å². The number of phenols is 1. The molecule has 0 atom stereocenters. The molecule has 19 heavy (non-hydrogen) atoms. The number of aromatic carboxylic acids is 1. The summed E-state index contributed by atoms with van der Waals surface area (Å²) in [5.41, 5.74) is -0.490. The third-order valence-electron chi connectivity index (χ3n) is 2.66. The third-order valence-corrected chi connectivity index (χ3v) is 2.66. The first kappa shape index (κ1) is 15.0. The fraction of sp³-hybridized carbons (Fsp3) is 0.385. The van der Waals surface area contributed by atoms with Crippen molar-refractivity contribution in [2.75, 3.05) is 12.4 Å². The summed E-state index contributed by atoms with van der Waals surface area (Å²) in [7, 11) is 1.51. The second kappa shape index (κ2) is 5.71. The molecule has 0 aliphatic rings. The summed E-state index contributed by atoms with van der Waals surface area (Å²) < 4.78 is 5.13. The molecule has 0 unspecified atom stereocenters. The second-order valence-corrected chi connectivity index (χ2v) is 4.73. The van der Waals surface area contributed by atoms with Gasteiger partial charge in [0.1, 0.15) is 5.75 Å². The Labute approximate surface area is 111 Å². The Morgan fingerprint density at radius 3 is 2.47 bits per heavy atom. The summed E-state index contributed by atoms with van der Waals surface area (Å²) >= 11 is 0. The summed E-state index contributed by atoms with van der Waals surface area (Å²) in [5.74, 6) is -1.76. The van der Waals surface area contributed by atoms with Gasteiger partial charge in [-0.25, -0.2) is 4.79 Å². The highest BCUT2D eigenvalue weighted by atomic mass is 16.5. The van der Waals surface area contributed by atoms with E-state index in [9.17, 15) is 14.7 Å². The maximum absolute atomic E-state index is 11.7. The van der Waals surface area contributed by atoms with Crippen LogP contribution in [0, 0.1) is 0 Å². The second-order valence-electron chi connectivity index (χ2n) is 4.73. The van der Waals surface area contributed by atoms with E-state index in [0.717, 1.165) is 6.07 Å². The molecule has 1 aromatic rings. The maximum atomic E-state index is 11.7. The first-order chi connectivity index (χ1) is 8.75. The van der Waals surface area contributed by atoms with E-state index >= 15 is 0 Å². The average molecular weight is 267 g/mol. The van der Waals surface area contributed by atoms with Crippen molar-refractivity contribution >= 4 is 17.6 Å². The van der Waals surface area contributed by atoms with Crippen LogP contribution in [-0.2, 0) is 9.53 Å². The van der Waals surface area contributed by atoms with Crippen LogP contribution in [0.1, 0.15) is 30.6 Å². The lowest BCUT2D eigenvalue weighted by molar-refractivity contribution is -0.121. The number of hydrogen-bond donors (Lipinski definition) is 3. The molecule has 0 spiro atoms. The first-order valence-corrected chi connectivity index (χ1v) is 5.66. The van der Waals surface area contributed by atoms with Crippen LogP contribution in [0.25, 0.3) is 0 Å². The number of carboxylic acid groups (broad SMARTS) is 1. The summed E-state index contributed by atoms with van der Waals surface area (Å²) in [6, 6.07) is 3.73. The lowest BCUT2D eigenvalue weighted by atomic mass is 10.0. The molecule has 0 heterocycles. The molecule has 6 heteroatoms. The van der Waals surface area contributed by atoms with Gasteiger partial charge in [0.2, 0.25) is 5.91 Å². The van der Waals surface area contributed by atoms with Crippen LogP contribution in [0.3, 0.4) is 0 Å². The summed E-state index contributed by atoms with van der Waals surface area (Å²) in [6.07, 6.45) is 0.115. The van der Waals surface area contributed by atoms with Gasteiger partial charge < -0.3 is 20.3 Å². The number of benzene rings is 1. The summed E-state index contributed by atoms with van der Waals surface area (Å²) in [6.45, 7) is 3.53. The van der Waals surface area contributed by atoms with Crippen LogP contribution >= 0.6 is 0 Å². The molecule has 0 aliphatic heterocycles. The number of nitrogens with one attached hydrogen (secondary N) is 1. The van der Waals surface area contributed by atoms with E-state index in [-0.39, 0.29) is 29.3 Å². The van der Waals surface area contributed by atoms with E-state index in [1.54, 1.807) is 13.8 Å². The number of carboxylic acids is 1. The molecule has 1 rings (SSSR count). The van der Waals surface area contributed by atoms with E-state index < -0.39 is 11.6 Å². The zero-order valence-electron chi connectivity index (χ0n) is 11.1. The Balaban J connectivity index is 2.78. The highest BCUT2D eigenvalue weighted by molar-refractivity contribution is 5.94. The van der Waals surface area contributed by atoms with Gasteiger partial charge in [0.05, 0.1) is 23.3 Å². The Bertz CT molecular complexity index is 496. The van der Waals surface area contributed by atoms with Crippen LogP contribution < -0.4 is 5.32 Å². The van der Waals surface area contributed by atoms with E-state index in [1.807, 2.05) is 0 Å². The lowest BCUT2D eigenvalue weighted by Gasteiger charge is -2.22. The third kappa shape index (κ3) is 4.26. The fourth-order valence-corrected chi connectivity index (χ4v) is 1.42. The Kier molecular flexibility index (Phi) is 4.50. The van der Waals surface area contributed by atoms with Crippen LogP contribution in [0.4, 0.5) is 5.69 Å². The lowest BCUT2D eigenvalue weighted by Crippen LogP contribution is -2.29. The molecule has 1 aromatic carbocycles. The van der Waals surface area contributed by atoms with Gasteiger partial charge in [0.25, 0.3) is 0 Å². The number of anilines is 1. The van der Waals surface area contributed by atoms with Crippen LogP contribution in [0.15, 0.2) is 18.2 Å². The van der Waals surface area contributed by atoms with Crippen molar-refractivity contribution in [2.45, 2.75) is 25.9 Å². The molecule has 1 amide bonds. The molecule has 0 saturated carbocycles. The largest absolute Gasteiger partial charge is 0.506 e. The van der Waals surface area contributed by atoms with Gasteiger partial charge in [-0.05, 0) is 32.0 Å². The zero-order valence-corrected chi connectivity index (χ0v) is 11.1. The van der Waals surface area contributed by atoms with Crippen LogP contribution in [0.5, 0.6) is 5.75 Å². The monoisotopic (exact) mass is 267 g/mol.